The van der Waals surface area contributed by atoms with Crippen LogP contribution >= 0.6 is 0 Å². The van der Waals surface area contributed by atoms with Gasteiger partial charge in [-0.1, -0.05) is 19.8 Å². The Labute approximate surface area is 167 Å². The Morgan fingerprint density at radius 2 is 1.93 bits per heavy atom. The lowest BCUT2D eigenvalue weighted by atomic mass is 9.89. The molecule has 0 aliphatic carbocycles. The van der Waals surface area contributed by atoms with Crippen LogP contribution in [-0.2, 0) is 14.3 Å². The first-order valence-electron chi connectivity index (χ1n) is 9.90. The molecule has 3 rings (SSSR count). The second kappa shape index (κ2) is 9.19. The van der Waals surface area contributed by atoms with E-state index in [4.69, 9.17) is 4.74 Å². The van der Waals surface area contributed by atoms with Crippen LogP contribution in [0.15, 0.2) is 12.1 Å². The molecule has 1 unspecified atom stereocenters. The molecule has 2 aliphatic rings. The normalized spacial score (nSPS) is 19.6. The minimum atomic E-state index is -1.02. The van der Waals surface area contributed by atoms with E-state index < -0.39 is 35.5 Å². The summed E-state index contributed by atoms with van der Waals surface area (Å²) in [6, 6.07) is 2.21. The number of hydrogen-bond acceptors (Lipinski definition) is 5. The molecular formula is C20H25F2N3O4. The van der Waals surface area contributed by atoms with Gasteiger partial charge >= 0.3 is 6.09 Å². The predicted octanol–water partition coefficient (Wildman–Crippen LogP) is 2.59. The number of unbranched alkanes of at least 4 members (excludes halogenated alkanes) is 2. The van der Waals surface area contributed by atoms with Crippen molar-refractivity contribution in [1.29, 1.82) is 0 Å². The minimum absolute atomic E-state index is 0.0467. The number of amides is 3. The third-order valence-electron chi connectivity index (χ3n) is 5.20. The van der Waals surface area contributed by atoms with Crippen LogP contribution in [0.3, 0.4) is 0 Å². The number of imide groups is 1. The van der Waals surface area contributed by atoms with Gasteiger partial charge in [-0.15, -0.1) is 0 Å². The minimum Gasteiger partial charge on any atom is -0.450 e. The number of nitrogens with one attached hydrogen (secondary N) is 2. The van der Waals surface area contributed by atoms with Crippen LogP contribution in [0.2, 0.25) is 0 Å². The smallest absolute Gasteiger partial charge is 0.407 e. The zero-order valence-corrected chi connectivity index (χ0v) is 16.3. The standard InChI is InChI=1S/C20H25F2N3O4/c1-2-3-4-7-29-20(28)23-12-10-25(11-12)13-8-15(21)18(16(22)9-13)14-5-6-17(26)24-19(14)27/h8-9,12,14H,2-7,10-11H2,1H3,(H,23,28)(H,24,26,27). The van der Waals surface area contributed by atoms with Crippen molar-refractivity contribution in [3.8, 4) is 0 Å². The lowest BCUT2D eigenvalue weighted by Gasteiger charge is -2.41. The molecule has 3 amide bonds. The van der Waals surface area contributed by atoms with Gasteiger partial charge in [0.2, 0.25) is 11.8 Å². The summed E-state index contributed by atoms with van der Waals surface area (Å²) in [5.41, 5.74) is 0.0232. The highest BCUT2D eigenvalue weighted by Crippen LogP contribution is 2.33. The summed E-state index contributed by atoms with van der Waals surface area (Å²) in [6.45, 7) is 3.24. The topological polar surface area (TPSA) is 87.7 Å². The summed E-state index contributed by atoms with van der Waals surface area (Å²) in [6.07, 6.45) is 2.49. The van der Waals surface area contributed by atoms with Gasteiger partial charge in [0.1, 0.15) is 11.6 Å². The highest BCUT2D eigenvalue weighted by atomic mass is 19.1. The van der Waals surface area contributed by atoms with Gasteiger partial charge < -0.3 is 15.0 Å². The second-order valence-electron chi connectivity index (χ2n) is 7.42. The Morgan fingerprint density at radius 3 is 2.55 bits per heavy atom. The number of nitrogens with zero attached hydrogens (tertiary/aromatic N) is 1. The van der Waals surface area contributed by atoms with Gasteiger partial charge in [-0.2, -0.15) is 0 Å². The Kier molecular flexibility index (Phi) is 6.66. The van der Waals surface area contributed by atoms with Crippen LogP contribution in [0.25, 0.3) is 0 Å². The van der Waals surface area contributed by atoms with E-state index in [9.17, 15) is 23.2 Å². The summed E-state index contributed by atoms with van der Waals surface area (Å²) < 4.78 is 34.2. The van der Waals surface area contributed by atoms with Crippen LogP contribution in [-0.4, -0.2) is 43.6 Å². The molecule has 0 saturated carbocycles. The first-order chi connectivity index (χ1) is 13.9. The van der Waals surface area contributed by atoms with Crippen molar-refractivity contribution in [1.82, 2.24) is 10.6 Å². The number of carbonyl (C=O) groups is 3. The molecule has 2 fully saturated rings. The molecule has 2 N–H and O–H groups in total. The van der Waals surface area contributed by atoms with E-state index in [0.717, 1.165) is 19.3 Å². The summed E-state index contributed by atoms with van der Waals surface area (Å²) >= 11 is 0. The van der Waals surface area contributed by atoms with Gasteiger partial charge in [-0.25, -0.2) is 13.6 Å². The van der Waals surface area contributed by atoms with Crippen molar-refractivity contribution in [3.63, 3.8) is 0 Å². The van der Waals surface area contributed by atoms with E-state index in [1.54, 1.807) is 4.90 Å². The number of carbonyl (C=O) groups excluding carboxylic acids is 3. The first kappa shape index (κ1) is 21.0. The molecule has 1 aromatic rings. The molecule has 0 spiro atoms. The number of halogens is 2. The predicted molar refractivity (Wildman–Crippen MR) is 101 cm³/mol. The summed E-state index contributed by atoms with van der Waals surface area (Å²) in [5, 5.41) is 4.83. The lowest BCUT2D eigenvalue weighted by molar-refractivity contribution is -0.134. The maximum absolute atomic E-state index is 14.6. The molecule has 158 valence electrons. The first-order valence-corrected chi connectivity index (χ1v) is 9.90. The SMILES string of the molecule is CCCCCOC(=O)NC1CN(c2cc(F)c(C3CCC(=O)NC3=O)c(F)c2)C1. The van der Waals surface area contributed by atoms with Crippen molar-refractivity contribution in [2.45, 2.75) is 51.0 Å². The van der Waals surface area contributed by atoms with Gasteiger partial charge in [-0.3, -0.25) is 14.9 Å². The number of hydrogen-bond donors (Lipinski definition) is 2. The van der Waals surface area contributed by atoms with E-state index in [1.165, 1.54) is 12.1 Å². The Bertz CT molecular complexity index is 773. The number of alkyl carbamates (subject to hydrolysis) is 1. The zero-order valence-electron chi connectivity index (χ0n) is 16.3. The summed E-state index contributed by atoms with van der Waals surface area (Å²) in [5.74, 6) is -3.78. The van der Waals surface area contributed by atoms with Crippen molar-refractivity contribution in [2.24, 2.45) is 0 Å². The molecule has 1 aromatic carbocycles. The molecule has 1 atom stereocenters. The van der Waals surface area contributed by atoms with Gasteiger partial charge in [0, 0.05) is 30.8 Å². The van der Waals surface area contributed by atoms with Gasteiger partial charge in [0.25, 0.3) is 0 Å². The molecule has 9 heteroatoms. The molecule has 0 bridgehead atoms. The lowest BCUT2D eigenvalue weighted by Crippen LogP contribution is -2.59. The average molecular weight is 409 g/mol. The molecule has 0 radical (unpaired) electrons. The number of benzene rings is 1. The second-order valence-corrected chi connectivity index (χ2v) is 7.42. The third kappa shape index (κ3) is 5.02. The summed E-state index contributed by atoms with van der Waals surface area (Å²) in [7, 11) is 0. The van der Waals surface area contributed by atoms with E-state index in [0.29, 0.717) is 25.4 Å². The molecule has 2 aliphatic heterocycles. The van der Waals surface area contributed by atoms with Crippen LogP contribution < -0.4 is 15.5 Å². The molecule has 7 nitrogen and oxygen atoms in total. The third-order valence-corrected chi connectivity index (χ3v) is 5.20. The Morgan fingerprint density at radius 1 is 1.24 bits per heavy atom. The van der Waals surface area contributed by atoms with Gasteiger partial charge in [0.15, 0.2) is 0 Å². The average Bonchev–Trinajstić information content (AvgIpc) is 2.62. The fraction of sp³-hybridized carbons (Fsp3) is 0.550. The van der Waals surface area contributed by atoms with Crippen LogP contribution in [0.1, 0.15) is 50.5 Å². The van der Waals surface area contributed by atoms with Crippen LogP contribution in [0.5, 0.6) is 0 Å². The molecule has 2 heterocycles. The number of rotatable bonds is 7. The van der Waals surface area contributed by atoms with Crippen molar-refractivity contribution >= 4 is 23.6 Å². The van der Waals surface area contributed by atoms with Gasteiger partial charge in [-0.05, 0) is 25.0 Å². The van der Waals surface area contributed by atoms with Gasteiger partial charge in [0.05, 0.1) is 18.6 Å². The van der Waals surface area contributed by atoms with E-state index in [1.807, 2.05) is 0 Å². The van der Waals surface area contributed by atoms with Crippen LogP contribution in [0.4, 0.5) is 19.3 Å². The molecular weight excluding hydrogens is 384 g/mol. The fourth-order valence-corrected chi connectivity index (χ4v) is 3.56. The number of anilines is 1. The van der Waals surface area contributed by atoms with Crippen molar-refractivity contribution in [3.05, 3.63) is 29.3 Å². The maximum Gasteiger partial charge on any atom is 0.407 e. The van der Waals surface area contributed by atoms with E-state index in [2.05, 4.69) is 17.6 Å². The molecule has 0 aromatic heterocycles. The number of piperidine rings is 1. The van der Waals surface area contributed by atoms with E-state index in [-0.39, 0.29) is 24.4 Å². The zero-order chi connectivity index (χ0) is 21.0. The monoisotopic (exact) mass is 409 g/mol. The Hall–Kier alpha value is -2.71. The fourth-order valence-electron chi connectivity index (χ4n) is 3.56. The molecule has 29 heavy (non-hydrogen) atoms. The maximum atomic E-state index is 14.6. The van der Waals surface area contributed by atoms with Crippen LogP contribution in [0, 0.1) is 11.6 Å². The summed E-state index contributed by atoms with van der Waals surface area (Å²) in [4.78, 5) is 36.6. The largest absolute Gasteiger partial charge is 0.450 e. The van der Waals surface area contributed by atoms with Crippen molar-refractivity contribution in [2.75, 3.05) is 24.6 Å². The molecule has 2 saturated heterocycles. The van der Waals surface area contributed by atoms with Crippen molar-refractivity contribution < 1.29 is 27.9 Å². The highest BCUT2D eigenvalue weighted by Gasteiger charge is 2.34. The highest BCUT2D eigenvalue weighted by molar-refractivity contribution is 6.01. The quantitative estimate of drug-likeness (QED) is 0.534. The Balaban J connectivity index is 1.55. The number of ether oxygens (including phenoxy) is 1. The van der Waals surface area contributed by atoms with E-state index >= 15 is 0 Å².